The minimum Gasteiger partial charge on any atom is -0.387 e. The van der Waals surface area contributed by atoms with E-state index in [-0.39, 0.29) is 5.82 Å². The molecule has 0 spiro atoms. The lowest BCUT2D eigenvalue weighted by molar-refractivity contribution is -0.0516. The van der Waals surface area contributed by atoms with Crippen LogP contribution in [-0.2, 0) is 13.8 Å². The molecule has 0 radical (unpaired) electrons. The maximum Gasteiger partial charge on any atom is 0.694 e. The van der Waals surface area contributed by atoms with Crippen molar-refractivity contribution < 1.29 is 28.9 Å². The molecule has 1 aromatic rings. The Balaban J connectivity index is 2.17. The highest BCUT2D eigenvalue weighted by Crippen LogP contribution is 2.30. The Kier molecular flexibility index (Phi) is 4.43. The summed E-state index contributed by atoms with van der Waals surface area (Å²) in [5.41, 5.74) is 4.59. The smallest absolute Gasteiger partial charge is 0.387 e. The number of aliphatic hydroxyl groups is 2. The summed E-state index contributed by atoms with van der Waals surface area (Å²) in [4.78, 5) is 23.6. The topological polar surface area (TPSA) is 157 Å². The van der Waals surface area contributed by atoms with Crippen LogP contribution in [0.4, 0.5) is 5.82 Å². The molecule has 2 heterocycles. The summed E-state index contributed by atoms with van der Waals surface area (Å²) in [6.07, 6.45) is -3.76. The standard InChI is InChI=1S/C9H12N3O7P/c10-5-1-2-12(9(15)11-5)8-7(14)6(13)4(19-8)3-18-20(16)17/h1-2,4,6-8,13-14H,3H2,(H2-,10,11,15,16,17)/p+1/t4-,6-,7+,8-/m1/s1. The number of hydrogen-bond acceptors (Lipinski definition) is 8. The molecule has 5 atom stereocenters. The molecule has 110 valence electrons. The molecule has 1 fully saturated rings. The number of nitrogens with zero attached hydrogens (tertiary/aromatic N) is 2. The van der Waals surface area contributed by atoms with Crippen molar-refractivity contribution in [1.29, 1.82) is 0 Å². The summed E-state index contributed by atoms with van der Waals surface area (Å²) in [6, 6.07) is 1.33. The Morgan fingerprint density at radius 1 is 1.50 bits per heavy atom. The molecule has 0 aromatic carbocycles. The van der Waals surface area contributed by atoms with Gasteiger partial charge in [-0.25, -0.2) is 4.79 Å². The number of aliphatic hydroxyl groups excluding tert-OH is 2. The highest BCUT2D eigenvalue weighted by molar-refractivity contribution is 7.32. The minimum atomic E-state index is -2.85. The van der Waals surface area contributed by atoms with Crippen LogP contribution in [0, 0.1) is 0 Å². The van der Waals surface area contributed by atoms with Crippen LogP contribution in [0.3, 0.4) is 0 Å². The summed E-state index contributed by atoms with van der Waals surface area (Å²) in [5.74, 6) is 0.0106. The molecule has 0 aliphatic carbocycles. The Hall–Kier alpha value is -1.42. The fourth-order valence-electron chi connectivity index (χ4n) is 1.85. The molecule has 11 heteroatoms. The van der Waals surface area contributed by atoms with Crippen LogP contribution in [-0.4, -0.2) is 49.6 Å². The Morgan fingerprint density at radius 2 is 2.20 bits per heavy atom. The molecule has 0 amide bonds. The van der Waals surface area contributed by atoms with Crippen molar-refractivity contribution in [2.45, 2.75) is 24.5 Å². The van der Waals surface area contributed by atoms with E-state index >= 15 is 0 Å². The molecule has 0 saturated carbocycles. The van der Waals surface area contributed by atoms with E-state index in [0.29, 0.717) is 0 Å². The van der Waals surface area contributed by atoms with E-state index in [4.69, 9.17) is 15.4 Å². The molecule has 5 N–H and O–H groups in total. The van der Waals surface area contributed by atoms with Crippen LogP contribution >= 0.6 is 8.25 Å². The van der Waals surface area contributed by atoms with Crippen LogP contribution in [0.15, 0.2) is 17.1 Å². The van der Waals surface area contributed by atoms with Crippen LogP contribution in [0.1, 0.15) is 6.23 Å². The lowest BCUT2D eigenvalue weighted by Crippen LogP contribution is -2.36. The Labute approximate surface area is 113 Å². The molecule has 2 rings (SSSR count). The number of anilines is 1. The first-order chi connectivity index (χ1) is 9.40. The average Bonchev–Trinajstić information content (AvgIpc) is 2.64. The van der Waals surface area contributed by atoms with Crippen molar-refractivity contribution in [3.05, 3.63) is 22.7 Å². The summed E-state index contributed by atoms with van der Waals surface area (Å²) in [5, 5.41) is 19.6. The molecule has 1 aromatic heterocycles. The number of aromatic nitrogens is 2. The molecule has 1 unspecified atom stereocenters. The fourth-order valence-corrected chi connectivity index (χ4v) is 2.13. The maximum absolute atomic E-state index is 11.6. The second-order valence-electron chi connectivity index (χ2n) is 4.12. The Bertz CT molecular complexity index is 565. The van der Waals surface area contributed by atoms with Crippen molar-refractivity contribution >= 4 is 14.1 Å². The second-order valence-corrected chi connectivity index (χ2v) is 4.86. The molecule has 1 aliphatic rings. The Morgan fingerprint density at radius 3 is 2.80 bits per heavy atom. The summed E-state index contributed by atoms with van der Waals surface area (Å²) >= 11 is 0. The number of nitrogen functional groups attached to an aromatic ring is 1. The molecular weight excluding hydrogens is 293 g/mol. The summed E-state index contributed by atoms with van der Waals surface area (Å²) in [6.45, 7) is -0.405. The van der Waals surface area contributed by atoms with E-state index < -0.39 is 45.1 Å². The van der Waals surface area contributed by atoms with Gasteiger partial charge in [-0.3, -0.25) is 4.57 Å². The number of ether oxygens (including phenoxy) is 1. The van der Waals surface area contributed by atoms with Crippen LogP contribution in [0.5, 0.6) is 0 Å². The third-order valence-electron chi connectivity index (χ3n) is 2.81. The van der Waals surface area contributed by atoms with Gasteiger partial charge in [0.25, 0.3) is 0 Å². The van der Waals surface area contributed by atoms with E-state index in [1.165, 1.54) is 12.3 Å². The van der Waals surface area contributed by atoms with Gasteiger partial charge in [-0.05, 0) is 6.07 Å². The normalized spacial score (nSPS) is 30.4. The molecule has 10 nitrogen and oxygen atoms in total. The number of nitrogens with two attached hydrogens (primary N) is 1. The number of hydrogen-bond donors (Lipinski definition) is 4. The largest absolute Gasteiger partial charge is 0.694 e. The average molecular weight is 306 g/mol. The minimum absolute atomic E-state index is 0.0106. The lowest BCUT2D eigenvalue weighted by atomic mass is 10.1. The van der Waals surface area contributed by atoms with E-state index in [0.717, 1.165) is 4.57 Å². The van der Waals surface area contributed by atoms with Gasteiger partial charge < -0.3 is 20.7 Å². The molecular formula is C9H13N3O7P+. The molecule has 1 saturated heterocycles. The monoisotopic (exact) mass is 306 g/mol. The third-order valence-corrected chi connectivity index (χ3v) is 3.18. The van der Waals surface area contributed by atoms with Crippen molar-refractivity contribution in [3.63, 3.8) is 0 Å². The third kappa shape index (κ3) is 3.01. The van der Waals surface area contributed by atoms with Crippen molar-refractivity contribution in [2.24, 2.45) is 0 Å². The van der Waals surface area contributed by atoms with Gasteiger partial charge in [-0.15, -0.1) is 9.42 Å². The fraction of sp³-hybridized carbons (Fsp3) is 0.556. The molecule has 1 aliphatic heterocycles. The van der Waals surface area contributed by atoms with Gasteiger partial charge in [0.2, 0.25) is 0 Å². The van der Waals surface area contributed by atoms with Crippen molar-refractivity contribution in [1.82, 2.24) is 9.55 Å². The van der Waals surface area contributed by atoms with Gasteiger partial charge in [-0.1, -0.05) is 0 Å². The second kappa shape index (κ2) is 5.92. The summed E-state index contributed by atoms with van der Waals surface area (Å²) in [7, 11) is -2.85. The zero-order chi connectivity index (χ0) is 14.9. The van der Waals surface area contributed by atoms with E-state index in [9.17, 15) is 19.6 Å². The van der Waals surface area contributed by atoms with Crippen molar-refractivity contribution in [3.8, 4) is 0 Å². The van der Waals surface area contributed by atoms with Gasteiger partial charge in [-0.2, -0.15) is 4.98 Å². The van der Waals surface area contributed by atoms with E-state index in [1.807, 2.05) is 0 Å². The quantitative estimate of drug-likeness (QED) is 0.467. The lowest BCUT2D eigenvalue weighted by Gasteiger charge is -2.16. The van der Waals surface area contributed by atoms with Gasteiger partial charge >= 0.3 is 13.9 Å². The zero-order valence-electron chi connectivity index (χ0n) is 10.1. The first-order valence-corrected chi connectivity index (χ1v) is 6.68. The highest BCUT2D eigenvalue weighted by atomic mass is 31.1. The maximum atomic E-state index is 11.6. The van der Waals surface area contributed by atoms with E-state index in [1.54, 1.807) is 0 Å². The number of rotatable bonds is 4. The summed E-state index contributed by atoms with van der Waals surface area (Å²) < 4.78 is 21.1. The predicted molar refractivity (Wildman–Crippen MR) is 64.6 cm³/mol. The first kappa shape index (κ1) is 15.0. The van der Waals surface area contributed by atoms with Gasteiger partial charge in [0.05, 0.1) is 0 Å². The highest BCUT2D eigenvalue weighted by Gasteiger charge is 2.45. The predicted octanol–water partition coefficient (Wildman–Crippen LogP) is -1.89. The SMILES string of the molecule is Nc1ccn([C@@H]2O[C@H](CO[P+](=O)O)[C@@H](O)[C@@H]2O)c(=O)n1. The van der Waals surface area contributed by atoms with Crippen LogP contribution in [0.2, 0.25) is 0 Å². The van der Waals surface area contributed by atoms with Crippen LogP contribution in [0.25, 0.3) is 0 Å². The van der Waals surface area contributed by atoms with Gasteiger partial charge in [0, 0.05) is 10.8 Å². The van der Waals surface area contributed by atoms with E-state index in [2.05, 4.69) is 9.51 Å². The first-order valence-electron chi connectivity index (χ1n) is 5.55. The van der Waals surface area contributed by atoms with Crippen LogP contribution < -0.4 is 11.4 Å². The molecule has 20 heavy (non-hydrogen) atoms. The van der Waals surface area contributed by atoms with Gasteiger partial charge in [0.15, 0.2) is 6.23 Å². The van der Waals surface area contributed by atoms with Crippen molar-refractivity contribution in [2.75, 3.05) is 12.3 Å². The zero-order valence-corrected chi connectivity index (χ0v) is 11.0. The van der Waals surface area contributed by atoms with Gasteiger partial charge in [0.1, 0.15) is 30.7 Å². The molecule has 0 bridgehead atoms.